The van der Waals surface area contributed by atoms with Crippen LogP contribution in [0.3, 0.4) is 0 Å². The average Bonchev–Trinajstić information content (AvgIpc) is 2.45. The maximum atomic E-state index is 9.57. The number of rotatable bonds is 5. The number of nitrogens with one attached hydrogen (secondary N) is 1. The Balaban J connectivity index is 2.05. The van der Waals surface area contributed by atoms with Gasteiger partial charge < -0.3 is 15.3 Å². The molecule has 4 heteroatoms. The number of hydrogen-bond donors (Lipinski definition) is 2. The standard InChI is InChI=1S/C16H25ClN2O/c1-3-8-18-12(2)15-5-4-13(11-16(15)17)19-9-6-14(20)7-10-19/h4-5,11-12,14,18,20H,3,6-10H2,1-2H3. The van der Waals surface area contributed by atoms with Crippen molar-refractivity contribution in [3.8, 4) is 0 Å². The Bertz CT molecular complexity index is 430. The Kier molecular flexibility index (Phi) is 5.70. The third-order valence-electron chi connectivity index (χ3n) is 3.98. The van der Waals surface area contributed by atoms with Gasteiger partial charge in [-0.2, -0.15) is 0 Å². The lowest BCUT2D eigenvalue weighted by Gasteiger charge is -2.32. The molecule has 3 nitrogen and oxygen atoms in total. The molecule has 0 amide bonds. The second-order valence-corrected chi connectivity index (χ2v) is 6.01. The smallest absolute Gasteiger partial charge is 0.0574 e. The first-order chi connectivity index (χ1) is 9.61. The second kappa shape index (κ2) is 7.30. The fourth-order valence-electron chi connectivity index (χ4n) is 2.66. The number of piperidine rings is 1. The zero-order valence-electron chi connectivity index (χ0n) is 12.4. The summed E-state index contributed by atoms with van der Waals surface area (Å²) in [6, 6.07) is 6.59. The summed E-state index contributed by atoms with van der Waals surface area (Å²) in [6.45, 7) is 7.12. The molecule has 1 aliphatic heterocycles. The Morgan fingerprint density at radius 1 is 1.40 bits per heavy atom. The second-order valence-electron chi connectivity index (χ2n) is 5.60. The molecule has 1 aliphatic rings. The van der Waals surface area contributed by atoms with Gasteiger partial charge in [-0.05, 0) is 50.4 Å². The van der Waals surface area contributed by atoms with Crippen LogP contribution in [0.2, 0.25) is 5.02 Å². The van der Waals surface area contributed by atoms with E-state index in [4.69, 9.17) is 11.6 Å². The minimum atomic E-state index is -0.140. The van der Waals surface area contributed by atoms with Crippen molar-refractivity contribution in [2.75, 3.05) is 24.5 Å². The summed E-state index contributed by atoms with van der Waals surface area (Å²) in [7, 11) is 0. The van der Waals surface area contributed by atoms with Crippen molar-refractivity contribution in [2.45, 2.75) is 45.3 Å². The van der Waals surface area contributed by atoms with Crippen LogP contribution in [0.5, 0.6) is 0 Å². The van der Waals surface area contributed by atoms with E-state index in [0.717, 1.165) is 55.2 Å². The number of aliphatic hydroxyl groups is 1. The van der Waals surface area contributed by atoms with Crippen LogP contribution in [0.15, 0.2) is 18.2 Å². The third kappa shape index (κ3) is 3.87. The first kappa shape index (κ1) is 15.6. The highest BCUT2D eigenvalue weighted by Crippen LogP contribution is 2.29. The van der Waals surface area contributed by atoms with Crippen LogP contribution in [-0.4, -0.2) is 30.8 Å². The van der Waals surface area contributed by atoms with Gasteiger partial charge in [0.1, 0.15) is 0 Å². The number of nitrogens with zero attached hydrogens (tertiary/aromatic N) is 1. The fraction of sp³-hybridized carbons (Fsp3) is 0.625. The molecule has 112 valence electrons. The minimum absolute atomic E-state index is 0.140. The lowest BCUT2D eigenvalue weighted by atomic mass is 10.0. The van der Waals surface area contributed by atoms with Crippen LogP contribution in [0.1, 0.15) is 44.7 Å². The Hall–Kier alpha value is -0.770. The molecular formula is C16H25ClN2O. The van der Waals surface area contributed by atoms with Gasteiger partial charge in [-0.3, -0.25) is 0 Å². The van der Waals surface area contributed by atoms with Gasteiger partial charge in [0.2, 0.25) is 0 Å². The van der Waals surface area contributed by atoms with Gasteiger partial charge in [0, 0.05) is 29.8 Å². The quantitative estimate of drug-likeness (QED) is 0.874. The molecule has 20 heavy (non-hydrogen) atoms. The molecule has 1 fully saturated rings. The summed E-state index contributed by atoms with van der Waals surface area (Å²) >= 11 is 6.44. The fourth-order valence-corrected chi connectivity index (χ4v) is 3.00. The zero-order valence-corrected chi connectivity index (χ0v) is 13.2. The van der Waals surface area contributed by atoms with E-state index in [0.29, 0.717) is 0 Å². The maximum absolute atomic E-state index is 9.57. The molecule has 1 unspecified atom stereocenters. The molecule has 2 rings (SSSR count). The highest BCUT2D eigenvalue weighted by atomic mass is 35.5. The summed E-state index contributed by atoms with van der Waals surface area (Å²) in [6.07, 6.45) is 2.66. The van der Waals surface area contributed by atoms with Gasteiger partial charge in [0.15, 0.2) is 0 Å². The Labute approximate surface area is 126 Å². The zero-order chi connectivity index (χ0) is 14.5. The van der Waals surface area contributed by atoms with E-state index in [-0.39, 0.29) is 12.1 Å². The van der Waals surface area contributed by atoms with Gasteiger partial charge in [-0.15, -0.1) is 0 Å². The van der Waals surface area contributed by atoms with Crippen molar-refractivity contribution in [3.63, 3.8) is 0 Å². The summed E-state index contributed by atoms with van der Waals surface area (Å²) in [4.78, 5) is 2.30. The van der Waals surface area contributed by atoms with Crippen LogP contribution < -0.4 is 10.2 Å². The van der Waals surface area contributed by atoms with Gasteiger partial charge in [-0.1, -0.05) is 24.6 Å². The first-order valence-electron chi connectivity index (χ1n) is 7.57. The van der Waals surface area contributed by atoms with Gasteiger partial charge in [0.25, 0.3) is 0 Å². The van der Waals surface area contributed by atoms with E-state index in [2.05, 4.69) is 42.3 Å². The van der Waals surface area contributed by atoms with Gasteiger partial charge >= 0.3 is 0 Å². The average molecular weight is 297 g/mol. The van der Waals surface area contributed by atoms with Crippen molar-refractivity contribution in [1.29, 1.82) is 0 Å². The molecule has 1 saturated heterocycles. The van der Waals surface area contributed by atoms with E-state index in [9.17, 15) is 5.11 Å². The molecular weight excluding hydrogens is 272 g/mol. The maximum Gasteiger partial charge on any atom is 0.0574 e. The minimum Gasteiger partial charge on any atom is -0.393 e. The highest BCUT2D eigenvalue weighted by Gasteiger charge is 2.18. The summed E-state index contributed by atoms with van der Waals surface area (Å²) in [5, 5.41) is 13.9. The van der Waals surface area contributed by atoms with Crippen molar-refractivity contribution in [1.82, 2.24) is 5.32 Å². The van der Waals surface area contributed by atoms with Crippen molar-refractivity contribution in [2.24, 2.45) is 0 Å². The van der Waals surface area contributed by atoms with E-state index < -0.39 is 0 Å². The van der Waals surface area contributed by atoms with E-state index >= 15 is 0 Å². The van der Waals surface area contributed by atoms with Crippen LogP contribution >= 0.6 is 11.6 Å². The molecule has 1 atom stereocenters. The van der Waals surface area contributed by atoms with E-state index in [1.807, 2.05) is 0 Å². The Morgan fingerprint density at radius 3 is 2.70 bits per heavy atom. The van der Waals surface area contributed by atoms with Gasteiger partial charge in [0.05, 0.1) is 6.10 Å². The molecule has 0 radical (unpaired) electrons. The number of anilines is 1. The van der Waals surface area contributed by atoms with Crippen LogP contribution in [0, 0.1) is 0 Å². The third-order valence-corrected chi connectivity index (χ3v) is 4.31. The largest absolute Gasteiger partial charge is 0.393 e. The van der Waals surface area contributed by atoms with Crippen LogP contribution in [0.25, 0.3) is 0 Å². The lowest BCUT2D eigenvalue weighted by Crippen LogP contribution is -2.35. The van der Waals surface area contributed by atoms with Crippen LogP contribution in [0.4, 0.5) is 5.69 Å². The van der Waals surface area contributed by atoms with Crippen molar-refractivity contribution in [3.05, 3.63) is 28.8 Å². The molecule has 0 spiro atoms. The van der Waals surface area contributed by atoms with E-state index in [1.54, 1.807) is 0 Å². The molecule has 1 heterocycles. The summed E-state index contributed by atoms with van der Waals surface area (Å²) < 4.78 is 0. The molecule has 0 aliphatic carbocycles. The molecule has 0 bridgehead atoms. The topological polar surface area (TPSA) is 35.5 Å². The normalized spacial score (nSPS) is 18.3. The molecule has 0 aromatic heterocycles. The summed E-state index contributed by atoms with van der Waals surface area (Å²) in [5.41, 5.74) is 2.31. The van der Waals surface area contributed by atoms with Gasteiger partial charge in [-0.25, -0.2) is 0 Å². The molecule has 1 aromatic rings. The van der Waals surface area contributed by atoms with Crippen molar-refractivity contribution >= 4 is 17.3 Å². The van der Waals surface area contributed by atoms with E-state index in [1.165, 1.54) is 0 Å². The summed E-state index contributed by atoms with van der Waals surface area (Å²) in [5.74, 6) is 0. The number of benzene rings is 1. The molecule has 0 saturated carbocycles. The monoisotopic (exact) mass is 296 g/mol. The molecule has 2 N–H and O–H groups in total. The first-order valence-corrected chi connectivity index (χ1v) is 7.95. The lowest BCUT2D eigenvalue weighted by molar-refractivity contribution is 0.145. The van der Waals surface area contributed by atoms with Crippen LogP contribution in [-0.2, 0) is 0 Å². The number of aliphatic hydroxyl groups excluding tert-OH is 1. The predicted octanol–water partition coefficient (Wildman–Crippen LogP) is 3.36. The SMILES string of the molecule is CCCNC(C)c1ccc(N2CCC(O)CC2)cc1Cl. The Morgan fingerprint density at radius 2 is 2.10 bits per heavy atom. The number of halogens is 1. The predicted molar refractivity (Wildman–Crippen MR) is 85.6 cm³/mol. The highest BCUT2D eigenvalue weighted by molar-refractivity contribution is 6.31. The van der Waals surface area contributed by atoms with Crippen molar-refractivity contribution < 1.29 is 5.11 Å². The number of hydrogen-bond acceptors (Lipinski definition) is 3. The molecule has 1 aromatic carbocycles.